The molecule has 1 rings (SSSR count). The number of hydrogen-bond acceptors (Lipinski definition) is 3. The van der Waals surface area contributed by atoms with Gasteiger partial charge in [0.15, 0.2) is 0 Å². The molecule has 1 aliphatic carbocycles. The molecule has 0 saturated heterocycles. The van der Waals surface area contributed by atoms with Crippen LogP contribution < -0.4 is 5.73 Å². The summed E-state index contributed by atoms with van der Waals surface area (Å²) in [6.07, 6.45) is 4.58. The summed E-state index contributed by atoms with van der Waals surface area (Å²) >= 11 is 0. The average molecular weight is 215 g/mol. The van der Waals surface area contributed by atoms with E-state index in [1.54, 1.807) is 7.11 Å². The van der Waals surface area contributed by atoms with Crippen molar-refractivity contribution < 1.29 is 9.47 Å². The molecule has 2 unspecified atom stereocenters. The molecule has 2 N–H and O–H groups in total. The molecule has 0 aromatic heterocycles. The summed E-state index contributed by atoms with van der Waals surface area (Å²) < 4.78 is 10.8. The molecule has 0 heterocycles. The third-order valence-corrected chi connectivity index (χ3v) is 3.21. The molecule has 0 aromatic rings. The largest absolute Gasteiger partial charge is 0.385 e. The highest BCUT2D eigenvalue weighted by Crippen LogP contribution is 2.35. The highest BCUT2D eigenvalue weighted by molar-refractivity contribution is 4.87. The van der Waals surface area contributed by atoms with Crippen molar-refractivity contribution in [1.82, 2.24) is 0 Å². The third kappa shape index (κ3) is 4.49. The van der Waals surface area contributed by atoms with Gasteiger partial charge in [-0.15, -0.1) is 0 Å². The van der Waals surface area contributed by atoms with Crippen LogP contribution >= 0.6 is 0 Å². The molecule has 1 aliphatic rings. The summed E-state index contributed by atoms with van der Waals surface area (Å²) in [5.41, 5.74) is 6.45. The first-order valence-electron chi connectivity index (χ1n) is 5.91. The maximum atomic E-state index is 6.06. The van der Waals surface area contributed by atoms with Crippen LogP contribution in [0, 0.1) is 5.41 Å². The van der Waals surface area contributed by atoms with Crippen LogP contribution in [0.4, 0.5) is 0 Å². The van der Waals surface area contributed by atoms with Crippen molar-refractivity contribution in [2.75, 3.05) is 20.3 Å². The molecule has 3 heteroatoms. The smallest absolute Gasteiger partial charge is 0.0731 e. The average Bonchev–Trinajstić information content (AvgIpc) is 2.18. The van der Waals surface area contributed by atoms with Crippen molar-refractivity contribution in [3.63, 3.8) is 0 Å². The SMILES string of the molecule is COCCCOC1CC(C)(C)CCC1N. The van der Waals surface area contributed by atoms with Crippen LogP contribution in [0.1, 0.15) is 39.5 Å². The van der Waals surface area contributed by atoms with E-state index in [9.17, 15) is 0 Å². The minimum Gasteiger partial charge on any atom is -0.385 e. The zero-order valence-electron chi connectivity index (χ0n) is 10.3. The molecule has 0 aromatic carbocycles. The fraction of sp³-hybridized carbons (Fsp3) is 1.00. The maximum Gasteiger partial charge on any atom is 0.0731 e. The molecule has 0 amide bonds. The second-order valence-electron chi connectivity index (χ2n) is 5.33. The minimum atomic E-state index is 0.223. The fourth-order valence-corrected chi connectivity index (χ4v) is 2.16. The van der Waals surface area contributed by atoms with E-state index in [2.05, 4.69) is 13.8 Å². The van der Waals surface area contributed by atoms with Crippen LogP contribution in [0.3, 0.4) is 0 Å². The predicted octanol–water partition coefficient (Wildman–Crippen LogP) is 1.95. The molecular weight excluding hydrogens is 190 g/mol. The number of methoxy groups -OCH3 is 1. The lowest BCUT2D eigenvalue weighted by Gasteiger charge is -2.39. The molecule has 1 fully saturated rings. The lowest BCUT2D eigenvalue weighted by molar-refractivity contribution is -0.0245. The third-order valence-electron chi connectivity index (χ3n) is 3.21. The van der Waals surface area contributed by atoms with Crippen molar-refractivity contribution in [3.05, 3.63) is 0 Å². The van der Waals surface area contributed by atoms with E-state index in [-0.39, 0.29) is 12.1 Å². The standard InChI is InChI=1S/C12H25NO2/c1-12(2)6-5-10(13)11(9-12)15-8-4-7-14-3/h10-11H,4-9,13H2,1-3H3. The van der Waals surface area contributed by atoms with Crippen molar-refractivity contribution in [3.8, 4) is 0 Å². The van der Waals surface area contributed by atoms with Crippen molar-refractivity contribution in [2.24, 2.45) is 11.1 Å². The summed E-state index contributed by atoms with van der Waals surface area (Å²) in [4.78, 5) is 0. The maximum absolute atomic E-state index is 6.06. The van der Waals surface area contributed by atoms with E-state index < -0.39 is 0 Å². The summed E-state index contributed by atoms with van der Waals surface area (Å²) in [5.74, 6) is 0. The van der Waals surface area contributed by atoms with Gasteiger partial charge in [-0.05, 0) is 31.1 Å². The zero-order valence-corrected chi connectivity index (χ0v) is 10.3. The van der Waals surface area contributed by atoms with Gasteiger partial charge >= 0.3 is 0 Å². The van der Waals surface area contributed by atoms with E-state index >= 15 is 0 Å². The molecule has 15 heavy (non-hydrogen) atoms. The summed E-state index contributed by atoms with van der Waals surface area (Å²) in [7, 11) is 1.72. The summed E-state index contributed by atoms with van der Waals surface area (Å²) in [6.45, 7) is 6.13. The Kier molecular flexibility index (Phi) is 5.03. The Balaban J connectivity index is 2.25. The molecule has 2 atom stereocenters. The van der Waals surface area contributed by atoms with Gasteiger partial charge in [0.1, 0.15) is 0 Å². The molecular formula is C12H25NO2. The molecule has 0 spiro atoms. The van der Waals surface area contributed by atoms with Gasteiger partial charge in [0.25, 0.3) is 0 Å². The van der Waals surface area contributed by atoms with Gasteiger partial charge < -0.3 is 15.2 Å². The molecule has 3 nitrogen and oxygen atoms in total. The first-order valence-corrected chi connectivity index (χ1v) is 5.91. The van der Waals surface area contributed by atoms with Gasteiger partial charge in [-0.25, -0.2) is 0 Å². The van der Waals surface area contributed by atoms with Crippen LogP contribution in [0.15, 0.2) is 0 Å². The number of hydrogen-bond donors (Lipinski definition) is 1. The second kappa shape index (κ2) is 5.83. The molecule has 0 aliphatic heterocycles. The number of rotatable bonds is 5. The first kappa shape index (κ1) is 12.9. The van der Waals surface area contributed by atoms with Gasteiger partial charge in [0, 0.05) is 26.4 Å². The number of nitrogens with two attached hydrogens (primary N) is 1. The van der Waals surface area contributed by atoms with Gasteiger partial charge in [-0.3, -0.25) is 0 Å². The quantitative estimate of drug-likeness (QED) is 0.713. The Morgan fingerprint density at radius 3 is 2.73 bits per heavy atom. The van der Waals surface area contributed by atoms with E-state index in [0.29, 0.717) is 5.41 Å². The van der Waals surface area contributed by atoms with Gasteiger partial charge in [0.2, 0.25) is 0 Å². The van der Waals surface area contributed by atoms with E-state index in [4.69, 9.17) is 15.2 Å². The highest BCUT2D eigenvalue weighted by atomic mass is 16.5. The Morgan fingerprint density at radius 2 is 2.07 bits per heavy atom. The molecule has 1 saturated carbocycles. The summed E-state index contributed by atoms with van der Waals surface area (Å²) in [6, 6.07) is 0.223. The van der Waals surface area contributed by atoms with Crippen LogP contribution in [-0.2, 0) is 9.47 Å². The first-order chi connectivity index (χ1) is 7.05. The van der Waals surface area contributed by atoms with Gasteiger partial charge in [-0.1, -0.05) is 13.8 Å². The van der Waals surface area contributed by atoms with E-state index in [1.807, 2.05) is 0 Å². The second-order valence-corrected chi connectivity index (χ2v) is 5.33. The normalized spacial score (nSPS) is 30.4. The number of ether oxygens (including phenoxy) is 2. The predicted molar refractivity (Wildman–Crippen MR) is 61.8 cm³/mol. The lowest BCUT2D eigenvalue weighted by Crippen LogP contribution is -2.44. The zero-order chi connectivity index (χ0) is 11.3. The van der Waals surface area contributed by atoms with E-state index in [0.717, 1.165) is 32.5 Å². The minimum absolute atomic E-state index is 0.223. The molecule has 0 bridgehead atoms. The molecule has 90 valence electrons. The lowest BCUT2D eigenvalue weighted by atomic mass is 9.74. The van der Waals surface area contributed by atoms with Crippen molar-refractivity contribution in [2.45, 2.75) is 51.7 Å². The topological polar surface area (TPSA) is 44.5 Å². The van der Waals surface area contributed by atoms with Crippen LogP contribution in [0.25, 0.3) is 0 Å². The van der Waals surface area contributed by atoms with Crippen molar-refractivity contribution >= 4 is 0 Å². The fourth-order valence-electron chi connectivity index (χ4n) is 2.16. The Bertz CT molecular complexity index is 182. The van der Waals surface area contributed by atoms with Crippen LogP contribution in [-0.4, -0.2) is 32.5 Å². The Labute approximate surface area is 93.3 Å². The summed E-state index contributed by atoms with van der Waals surface area (Å²) in [5, 5.41) is 0. The van der Waals surface area contributed by atoms with E-state index in [1.165, 1.54) is 6.42 Å². The highest BCUT2D eigenvalue weighted by Gasteiger charge is 2.33. The van der Waals surface area contributed by atoms with Gasteiger partial charge in [-0.2, -0.15) is 0 Å². The van der Waals surface area contributed by atoms with Gasteiger partial charge in [0.05, 0.1) is 6.10 Å². The molecule has 0 radical (unpaired) electrons. The Morgan fingerprint density at radius 1 is 1.33 bits per heavy atom. The van der Waals surface area contributed by atoms with Crippen LogP contribution in [0.5, 0.6) is 0 Å². The monoisotopic (exact) mass is 215 g/mol. The van der Waals surface area contributed by atoms with Crippen molar-refractivity contribution in [1.29, 1.82) is 0 Å². The Hall–Kier alpha value is -0.120. The van der Waals surface area contributed by atoms with Crippen LogP contribution in [0.2, 0.25) is 0 Å².